The molecule has 1 aromatic carbocycles. The van der Waals surface area contributed by atoms with E-state index >= 15 is 0 Å². The molecule has 1 fully saturated rings. The number of ether oxygens (including phenoxy) is 2. The van der Waals surface area contributed by atoms with Crippen LogP contribution in [0.15, 0.2) is 30.5 Å². The van der Waals surface area contributed by atoms with Crippen molar-refractivity contribution in [3.8, 4) is 6.01 Å². The second kappa shape index (κ2) is 12.7. The SMILES string of the molecule is CCCC(CCOC)Oc1nc(N)c2cnn(Cc3ccc(N4CCCC4)cc3)c2n1.O=CO. The topological polar surface area (TPSA) is 129 Å². The van der Waals surface area contributed by atoms with E-state index in [0.717, 1.165) is 43.3 Å². The van der Waals surface area contributed by atoms with Crippen molar-refractivity contribution in [2.24, 2.45) is 0 Å². The lowest BCUT2D eigenvalue weighted by Crippen LogP contribution is -2.20. The molecular weight excluding hydrogens is 436 g/mol. The van der Waals surface area contributed by atoms with E-state index in [4.69, 9.17) is 25.1 Å². The maximum atomic E-state index is 8.36. The molecule has 3 N–H and O–H groups in total. The molecule has 1 unspecified atom stereocenters. The fourth-order valence-corrected chi connectivity index (χ4v) is 4.07. The number of methoxy groups -OCH3 is 1. The minimum absolute atomic E-state index is 0.00342. The summed E-state index contributed by atoms with van der Waals surface area (Å²) >= 11 is 0. The number of anilines is 2. The van der Waals surface area contributed by atoms with Crippen LogP contribution in [0.25, 0.3) is 11.0 Å². The molecule has 1 aliphatic rings. The van der Waals surface area contributed by atoms with Gasteiger partial charge in [0.2, 0.25) is 0 Å². The van der Waals surface area contributed by atoms with Gasteiger partial charge in [0, 0.05) is 38.9 Å². The van der Waals surface area contributed by atoms with Gasteiger partial charge in [0.1, 0.15) is 11.9 Å². The molecule has 2 aromatic heterocycles. The van der Waals surface area contributed by atoms with E-state index < -0.39 is 0 Å². The molecule has 4 rings (SSSR count). The largest absolute Gasteiger partial charge is 0.483 e. The Morgan fingerprint density at radius 1 is 1.18 bits per heavy atom. The zero-order valence-electron chi connectivity index (χ0n) is 19.9. The Kier molecular flexibility index (Phi) is 9.45. The maximum Gasteiger partial charge on any atom is 0.320 e. The highest BCUT2D eigenvalue weighted by atomic mass is 16.5. The van der Waals surface area contributed by atoms with Gasteiger partial charge in [-0.15, -0.1) is 0 Å². The highest BCUT2D eigenvalue weighted by molar-refractivity contribution is 5.85. The molecular formula is C24H34N6O4. The van der Waals surface area contributed by atoms with Crippen LogP contribution in [-0.2, 0) is 16.1 Å². The zero-order chi connectivity index (χ0) is 24.3. The second-order valence-corrected chi connectivity index (χ2v) is 8.21. The average Bonchev–Trinajstić information content (AvgIpc) is 3.50. The van der Waals surface area contributed by atoms with E-state index in [9.17, 15) is 0 Å². The maximum absolute atomic E-state index is 8.36. The molecule has 0 bridgehead atoms. The predicted molar refractivity (Wildman–Crippen MR) is 131 cm³/mol. The zero-order valence-corrected chi connectivity index (χ0v) is 19.9. The summed E-state index contributed by atoms with van der Waals surface area (Å²) in [6.45, 7) is 5.41. The first kappa shape index (κ1) is 25.2. The second-order valence-electron chi connectivity index (χ2n) is 8.21. The molecule has 3 heterocycles. The lowest BCUT2D eigenvalue weighted by Gasteiger charge is -2.18. The summed E-state index contributed by atoms with van der Waals surface area (Å²) in [5.41, 5.74) is 9.32. The van der Waals surface area contributed by atoms with Crippen molar-refractivity contribution in [1.29, 1.82) is 0 Å². The van der Waals surface area contributed by atoms with Gasteiger partial charge in [-0.25, -0.2) is 4.68 Å². The van der Waals surface area contributed by atoms with Gasteiger partial charge < -0.3 is 25.2 Å². The third kappa shape index (κ3) is 6.57. The Balaban J connectivity index is 0.00000103. The molecule has 1 saturated heterocycles. The van der Waals surface area contributed by atoms with E-state index in [1.54, 1.807) is 13.3 Å². The number of nitrogens with zero attached hydrogens (tertiary/aromatic N) is 5. The molecule has 34 heavy (non-hydrogen) atoms. The summed E-state index contributed by atoms with van der Waals surface area (Å²) in [6, 6.07) is 8.99. The van der Waals surface area contributed by atoms with Gasteiger partial charge in [-0.3, -0.25) is 4.79 Å². The quantitative estimate of drug-likeness (QED) is 0.429. The van der Waals surface area contributed by atoms with Crippen LogP contribution in [0, 0.1) is 0 Å². The van der Waals surface area contributed by atoms with Crippen molar-refractivity contribution in [2.75, 3.05) is 37.4 Å². The number of nitrogens with two attached hydrogens (primary N) is 1. The fraction of sp³-hybridized carbons (Fsp3) is 0.500. The molecule has 1 aliphatic heterocycles. The van der Waals surface area contributed by atoms with Crippen LogP contribution >= 0.6 is 0 Å². The minimum atomic E-state index is -0.250. The summed E-state index contributed by atoms with van der Waals surface area (Å²) in [5.74, 6) is 0.387. The van der Waals surface area contributed by atoms with E-state index in [1.165, 1.54) is 18.5 Å². The van der Waals surface area contributed by atoms with Crippen LogP contribution in [-0.4, -0.2) is 64.2 Å². The van der Waals surface area contributed by atoms with Crippen molar-refractivity contribution in [1.82, 2.24) is 19.7 Å². The monoisotopic (exact) mass is 470 g/mol. The fourth-order valence-electron chi connectivity index (χ4n) is 4.07. The first-order valence-corrected chi connectivity index (χ1v) is 11.7. The number of benzene rings is 1. The molecule has 0 radical (unpaired) electrons. The van der Waals surface area contributed by atoms with Crippen molar-refractivity contribution in [3.05, 3.63) is 36.0 Å². The predicted octanol–water partition coefficient (Wildman–Crippen LogP) is 3.34. The smallest absolute Gasteiger partial charge is 0.320 e. The number of carboxylic acid groups (broad SMARTS) is 1. The Hall–Kier alpha value is -3.40. The van der Waals surface area contributed by atoms with E-state index in [0.29, 0.717) is 30.6 Å². The van der Waals surface area contributed by atoms with Crippen LogP contribution in [0.5, 0.6) is 6.01 Å². The Labute approximate surface area is 199 Å². The van der Waals surface area contributed by atoms with Crippen molar-refractivity contribution < 1.29 is 19.4 Å². The summed E-state index contributed by atoms with van der Waals surface area (Å²) in [7, 11) is 1.69. The van der Waals surface area contributed by atoms with Gasteiger partial charge in [0.15, 0.2) is 5.65 Å². The van der Waals surface area contributed by atoms with E-state index in [-0.39, 0.29) is 12.6 Å². The third-order valence-corrected chi connectivity index (χ3v) is 5.77. The Bertz CT molecular complexity index is 1030. The third-order valence-electron chi connectivity index (χ3n) is 5.77. The summed E-state index contributed by atoms with van der Waals surface area (Å²) < 4.78 is 13.1. The molecule has 0 amide bonds. The summed E-state index contributed by atoms with van der Waals surface area (Å²) in [6.07, 6.45) is 6.98. The molecule has 10 heteroatoms. The van der Waals surface area contributed by atoms with E-state index in [2.05, 4.69) is 51.2 Å². The minimum Gasteiger partial charge on any atom is -0.483 e. The van der Waals surface area contributed by atoms with Crippen LogP contribution in [0.2, 0.25) is 0 Å². The van der Waals surface area contributed by atoms with Gasteiger partial charge in [-0.2, -0.15) is 15.1 Å². The molecule has 10 nitrogen and oxygen atoms in total. The molecule has 0 aliphatic carbocycles. The highest BCUT2D eigenvalue weighted by Gasteiger charge is 2.17. The number of rotatable bonds is 10. The number of carbonyl (C=O) groups is 1. The highest BCUT2D eigenvalue weighted by Crippen LogP contribution is 2.24. The lowest BCUT2D eigenvalue weighted by molar-refractivity contribution is -0.122. The van der Waals surface area contributed by atoms with Crippen LogP contribution < -0.4 is 15.4 Å². The van der Waals surface area contributed by atoms with Gasteiger partial charge in [-0.1, -0.05) is 25.5 Å². The number of nitrogen functional groups attached to an aromatic ring is 1. The van der Waals surface area contributed by atoms with Gasteiger partial charge in [0.05, 0.1) is 18.1 Å². The average molecular weight is 471 g/mol. The molecule has 1 atom stereocenters. The summed E-state index contributed by atoms with van der Waals surface area (Å²) in [5, 5.41) is 12.1. The normalized spacial score (nSPS) is 14.0. The van der Waals surface area contributed by atoms with Crippen molar-refractivity contribution >= 4 is 29.0 Å². The molecule has 184 valence electrons. The van der Waals surface area contributed by atoms with Gasteiger partial charge in [0.25, 0.3) is 6.47 Å². The first-order chi connectivity index (χ1) is 16.6. The number of hydrogen-bond donors (Lipinski definition) is 2. The van der Waals surface area contributed by atoms with Crippen LogP contribution in [0.1, 0.15) is 44.6 Å². The Morgan fingerprint density at radius 2 is 1.88 bits per heavy atom. The number of fused-ring (bicyclic) bond motifs is 1. The number of aromatic nitrogens is 4. The molecule has 3 aromatic rings. The molecule has 0 spiro atoms. The molecule has 0 saturated carbocycles. The standard InChI is InChI=1S/C23H32N6O2.CH2O2/c1-3-6-19(11-14-30-2)31-23-26-21(24)20-15-25-29(22(20)27-23)16-17-7-9-18(10-8-17)28-12-4-5-13-28;2-1-3/h7-10,15,19H,3-6,11-14,16H2,1-2H3,(H2,24,26,27);1H,(H,2,3). The van der Waals surface area contributed by atoms with Crippen molar-refractivity contribution in [2.45, 2.75) is 51.7 Å². The lowest BCUT2D eigenvalue weighted by atomic mass is 10.1. The van der Waals surface area contributed by atoms with Crippen LogP contribution in [0.4, 0.5) is 11.5 Å². The van der Waals surface area contributed by atoms with E-state index in [1.807, 2.05) is 4.68 Å². The Morgan fingerprint density at radius 3 is 2.53 bits per heavy atom. The van der Waals surface area contributed by atoms with Crippen molar-refractivity contribution in [3.63, 3.8) is 0 Å². The van der Waals surface area contributed by atoms with Gasteiger partial charge >= 0.3 is 6.01 Å². The first-order valence-electron chi connectivity index (χ1n) is 11.7. The summed E-state index contributed by atoms with van der Waals surface area (Å²) in [4.78, 5) is 19.8. The van der Waals surface area contributed by atoms with Crippen LogP contribution in [0.3, 0.4) is 0 Å². The van der Waals surface area contributed by atoms with Gasteiger partial charge in [-0.05, 0) is 37.0 Å². The number of hydrogen-bond acceptors (Lipinski definition) is 8.